The van der Waals surface area contributed by atoms with Gasteiger partial charge in [0, 0.05) is 31.1 Å². The second kappa shape index (κ2) is 4.56. The van der Waals surface area contributed by atoms with Crippen molar-refractivity contribution in [2.45, 2.75) is 4.90 Å². The Bertz CT molecular complexity index is 391. The third-order valence-corrected chi connectivity index (χ3v) is 2.84. The monoisotopic (exact) mass is 219 g/mol. The SMILES string of the molecule is N#Cc1cc(S)ccc1N1CCNCC1. The Morgan fingerprint density at radius 3 is 2.73 bits per heavy atom. The Balaban J connectivity index is 2.30. The third-order valence-electron chi connectivity index (χ3n) is 2.56. The van der Waals surface area contributed by atoms with Crippen LogP contribution in [0.3, 0.4) is 0 Å². The van der Waals surface area contributed by atoms with Crippen molar-refractivity contribution >= 4 is 18.3 Å². The summed E-state index contributed by atoms with van der Waals surface area (Å²) in [6, 6.07) is 7.95. The molecule has 1 fully saturated rings. The first-order chi connectivity index (χ1) is 7.31. The van der Waals surface area contributed by atoms with Gasteiger partial charge in [-0.2, -0.15) is 5.26 Å². The zero-order chi connectivity index (χ0) is 10.7. The number of nitriles is 1. The summed E-state index contributed by atoms with van der Waals surface area (Å²) in [7, 11) is 0. The highest BCUT2D eigenvalue weighted by atomic mass is 32.1. The molecule has 1 N–H and O–H groups in total. The second-order valence-corrected chi connectivity index (χ2v) is 4.07. The largest absolute Gasteiger partial charge is 0.368 e. The predicted molar refractivity (Wildman–Crippen MR) is 63.5 cm³/mol. The fourth-order valence-electron chi connectivity index (χ4n) is 1.80. The lowest BCUT2D eigenvalue weighted by Crippen LogP contribution is -2.43. The van der Waals surface area contributed by atoms with Crippen molar-refractivity contribution in [3.8, 4) is 6.07 Å². The maximum absolute atomic E-state index is 9.05. The van der Waals surface area contributed by atoms with Gasteiger partial charge in [-0.25, -0.2) is 0 Å². The van der Waals surface area contributed by atoms with Gasteiger partial charge in [0.05, 0.1) is 11.3 Å². The van der Waals surface area contributed by atoms with Gasteiger partial charge in [-0.1, -0.05) is 0 Å². The summed E-state index contributed by atoms with van der Waals surface area (Å²) in [5.74, 6) is 0. The maximum atomic E-state index is 9.05. The predicted octanol–water partition coefficient (Wildman–Crippen LogP) is 1.26. The molecule has 3 nitrogen and oxygen atoms in total. The molecular formula is C11H13N3S. The van der Waals surface area contributed by atoms with E-state index in [0.717, 1.165) is 36.8 Å². The molecule has 1 aliphatic rings. The fraction of sp³-hybridized carbons (Fsp3) is 0.364. The standard InChI is InChI=1S/C11H13N3S/c12-8-9-7-10(15)1-2-11(9)14-5-3-13-4-6-14/h1-2,7,13,15H,3-6H2. The number of nitrogens with zero attached hydrogens (tertiary/aromatic N) is 2. The highest BCUT2D eigenvalue weighted by Crippen LogP contribution is 2.23. The molecule has 0 unspecified atom stereocenters. The molecule has 1 heterocycles. The van der Waals surface area contributed by atoms with E-state index in [0.29, 0.717) is 5.56 Å². The van der Waals surface area contributed by atoms with E-state index in [4.69, 9.17) is 5.26 Å². The van der Waals surface area contributed by atoms with Crippen LogP contribution in [0.5, 0.6) is 0 Å². The van der Waals surface area contributed by atoms with Crippen molar-refractivity contribution in [3.05, 3.63) is 23.8 Å². The van der Waals surface area contributed by atoms with Gasteiger partial charge in [-0.3, -0.25) is 0 Å². The summed E-state index contributed by atoms with van der Waals surface area (Å²) in [6.45, 7) is 3.88. The van der Waals surface area contributed by atoms with Crippen molar-refractivity contribution in [3.63, 3.8) is 0 Å². The summed E-state index contributed by atoms with van der Waals surface area (Å²) >= 11 is 4.24. The zero-order valence-corrected chi connectivity index (χ0v) is 9.30. The van der Waals surface area contributed by atoms with Crippen molar-refractivity contribution in [1.29, 1.82) is 5.26 Å². The highest BCUT2D eigenvalue weighted by molar-refractivity contribution is 7.80. The minimum atomic E-state index is 0.712. The number of thiol groups is 1. The Hall–Kier alpha value is -1.18. The van der Waals surface area contributed by atoms with Gasteiger partial charge in [0.15, 0.2) is 0 Å². The first-order valence-electron chi connectivity index (χ1n) is 5.00. The van der Waals surface area contributed by atoms with E-state index < -0.39 is 0 Å². The quantitative estimate of drug-likeness (QED) is 0.698. The number of piperazine rings is 1. The van der Waals surface area contributed by atoms with Crippen LogP contribution < -0.4 is 10.2 Å². The van der Waals surface area contributed by atoms with Crippen LogP contribution in [-0.4, -0.2) is 26.2 Å². The molecule has 2 rings (SSSR count). The van der Waals surface area contributed by atoms with Gasteiger partial charge in [0.25, 0.3) is 0 Å². The van der Waals surface area contributed by atoms with Crippen molar-refractivity contribution in [2.24, 2.45) is 0 Å². The lowest BCUT2D eigenvalue weighted by Gasteiger charge is -2.30. The molecule has 78 valence electrons. The average Bonchev–Trinajstić information content (AvgIpc) is 2.30. The van der Waals surface area contributed by atoms with Crippen LogP contribution in [0.2, 0.25) is 0 Å². The number of nitrogens with one attached hydrogen (secondary N) is 1. The normalized spacial score (nSPS) is 16.1. The number of hydrogen-bond acceptors (Lipinski definition) is 4. The molecule has 0 aromatic heterocycles. The van der Waals surface area contributed by atoms with Crippen LogP contribution in [0.1, 0.15) is 5.56 Å². The Morgan fingerprint density at radius 1 is 1.33 bits per heavy atom. The highest BCUT2D eigenvalue weighted by Gasteiger charge is 2.13. The number of benzene rings is 1. The van der Waals surface area contributed by atoms with Crippen molar-refractivity contribution < 1.29 is 0 Å². The molecule has 1 saturated heterocycles. The summed E-state index contributed by atoms with van der Waals surface area (Å²) in [6.07, 6.45) is 0. The summed E-state index contributed by atoms with van der Waals surface area (Å²) in [5.41, 5.74) is 1.74. The lowest BCUT2D eigenvalue weighted by molar-refractivity contribution is 0.589. The van der Waals surface area contributed by atoms with E-state index in [2.05, 4.69) is 28.9 Å². The molecule has 15 heavy (non-hydrogen) atoms. The van der Waals surface area contributed by atoms with Crippen LogP contribution in [0.4, 0.5) is 5.69 Å². The average molecular weight is 219 g/mol. The Morgan fingerprint density at radius 2 is 2.07 bits per heavy atom. The van der Waals surface area contributed by atoms with Gasteiger partial charge in [-0.05, 0) is 18.2 Å². The molecule has 0 radical (unpaired) electrons. The minimum absolute atomic E-state index is 0.712. The molecule has 0 aliphatic carbocycles. The number of anilines is 1. The second-order valence-electron chi connectivity index (χ2n) is 3.55. The van der Waals surface area contributed by atoms with E-state index in [1.165, 1.54) is 0 Å². The van der Waals surface area contributed by atoms with Gasteiger partial charge in [0.1, 0.15) is 6.07 Å². The van der Waals surface area contributed by atoms with Crippen LogP contribution >= 0.6 is 12.6 Å². The van der Waals surface area contributed by atoms with E-state index >= 15 is 0 Å². The van der Waals surface area contributed by atoms with Crippen LogP contribution in [-0.2, 0) is 0 Å². The molecule has 1 aliphatic heterocycles. The molecular weight excluding hydrogens is 206 g/mol. The number of hydrogen-bond donors (Lipinski definition) is 2. The van der Waals surface area contributed by atoms with Gasteiger partial charge >= 0.3 is 0 Å². The van der Waals surface area contributed by atoms with Gasteiger partial charge < -0.3 is 10.2 Å². The molecule has 0 bridgehead atoms. The van der Waals surface area contributed by atoms with Gasteiger partial charge in [0.2, 0.25) is 0 Å². The summed E-state index contributed by atoms with van der Waals surface area (Å²) in [4.78, 5) is 3.08. The van der Waals surface area contributed by atoms with Gasteiger partial charge in [-0.15, -0.1) is 12.6 Å². The van der Waals surface area contributed by atoms with Crippen LogP contribution in [0.25, 0.3) is 0 Å². The lowest BCUT2D eigenvalue weighted by atomic mass is 10.1. The summed E-state index contributed by atoms with van der Waals surface area (Å²) in [5, 5.41) is 12.3. The van der Waals surface area contributed by atoms with E-state index in [1.54, 1.807) is 0 Å². The molecule has 1 aromatic carbocycles. The Labute approximate surface area is 95.1 Å². The first-order valence-corrected chi connectivity index (χ1v) is 5.45. The van der Waals surface area contributed by atoms with E-state index in [1.807, 2.05) is 18.2 Å². The Kier molecular flexibility index (Phi) is 3.14. The minimum Gasteiger partial charge on any atom is -0.368 e. The van der Waals surface area contributed by atoms with E-state index in [-0.39, 0.29) is 0 Å². The topological polar surface area (TPSA) is 39.1 Å². The molecule has 1 aromatic rings. The van der Waals surface area contributed by atoms with E-state index in [9.17, 15) is 0 Å². The molecule has 0 spiro atoms. The molecule has 0 saturated carbocycles. The maximum Gasteiger partial charge on any atom is 0.101 e. The smallest absolute Gasteiger partial charge is 0.101 e. The molecule has 0 atom stereocenters. The van der Waals surface area contributed by atoms with Crippen molar-refractivity contribution in [1.82, 2.24) is 5.32 Å². The fourth-order valence-corrected chi connectivity index (χ4v) is 2.00. The summed E-state index contributed by atoms with van der Waals surface area (Å²) < 4.78 is 0. The first kappa shape index (κ1) is 10.3. The van der Waals surface area contributed by atoms with Crippen molar-refractivity contribution in [2.75, 3.05) is 31.1 Å². The number of rotatable bonds is 1. The van der Waals surface area contributed by atoms with Crippen LogP contribution in [0, 0.1) is 11.3 Å². The molecule has 4 heteroatoms. The molecule has 0 amide bonds. The zero-order valence-electron chi connectivity index (χ0n) is 8.40. The van der Waals surface area contributed by atoms with Crippen LogP contribution in [0.15, 0.2) is 23.1 Å². The third kappa shape index (κ3) is 2.25.